The molecule has 1 N–H and O–H groups in total. The van der Waals surface area contributed by atoms with Crippen LogP contribution in [0.3, 0.4) is 0 Å². The van der Waals surface area contributed by atoms with Crippen molar-refractivity contribution < 1.29 is 18.3 Å². The number of piperazine rings is 1. The largest absolute Gasteiger partial charge is 0.381 e. The average Bonchev–Trinajstić information content (AvgIpc) is 3.32. The van der Waals surface area contributed by atoms with Crippen molar-refractivity contribution in [2.24, 2.45) is 5.92 Å². The number of rotatable bonds is 5. The number of halogens is 2. The molecule has 3 aromatic rings. The van der Waals surface area contributed by atoms with E-state index in [0.29, 0.717) is 32.3 Å². The molecule has 0 aliphatic carbocycles. The number of aryl methyl sites for hydroxylation is 1. The molecule has 0 spiro atoms. The summed E-state index contributed by atoms with van der Waals surface area (Å²) in [6, 6.07) is 9.32. The average molecular weight is 483 g/mol. The third-order valence-corrected chi connectivity index (χ3v) is 6.45. The Labute approximate surface area is 202 Å². The van der Waals surface area contributed by atoms with Crippen LogP contribution in [0.5, 0.6) is 0 Å². The number of amides is 1. The van der Waals surface area contributed by atoms with Crippen molar-refractivity contribution in [1.82, 2.24) is 19.7 Å². The van der Waals surface area contributed by atoms with Gasteiger partial charge in [-0.1, -0.05) is 0 Å². The van der Waals surface area contributed by atoms with Gasteiger partial charge in [0.05, 0.1) is 5.69 Å². The maximum Gasteiger partial charge on any atom is 0.246 e. The summed E-state index contributed by atoms with van der Waals surface area (Å²) in [5, 5.41) is 7.48. The van der Waals surface area contributed by atoms with Gasteiger partial charge in [-0.2, -0.15) is 4.98 Å². The summed E-state index contributed by atoms with van der Waals surface area (Å²) in [7, 11) is 0. The molecule has 0 bridgehead atoms. The Morgan fingerprint density at radius 3 is 2.40 bits per heavy atom. The van der Waals surface area contributed by atoms with E-state index in [1.165, 1.54) is 23.1 Å². The predicted molar refractivity (Wildman–Crippen MR) is 128 cm³/mol. The first-order valence-corrected chi connectivity index (χ1v) is 11.8. The van der Waals surface area contributed by atoms with Crippen LogP contribution in [0.2, 0.25) is 0 Å². The van der Waals surface area contributed by atoms with Gasteiger partial charge in [0.15, 0.2) is 0 Å². The second-order valence-electron chi connectivity index (χ2n) is 9.02. The van der Waals surface area contributed by atoms with Crippen LogP contribution >= 0.6 is 0 Å². The van der Waals surface area contributed by atoms with Gasteiger partial charge in [0.25, 0.3) is 0 Å². The van der Waals surface area contributed by atoms with E-state index in [1.807, 2.05) is 24.0 Å². The summed E-state index contributed by atoms with van der Waals surface area (Å²) in [6.45, 7) is 6.27. The maximum absolute atomic E-state index is 13.5. The van der Waals surface area contributed by atoms with Gasteiger partial charge in [-0.3, -0.25) is 4.79 Å². The Morgan fingerprint density at radius 1 is 0.971 bits per heavy atom. The lowest BCUT2D eigenvalue weighted by atomic mass is 9.98. The molecule has 0 unspecified atom stereocenters. The first-order valence-electron chi connectivity index (χ1n) is 11.8. The molecule has 2 saturated heterocycles. The smallest absolute Gasteiger partial charge is 0.246 e. The molecule has 0 atom stereocenters. The highest BCUT2D eigenvalue weighted by molar-refractivity contribution is 5.79. The van der Waals surface area contributed by atoms with Crippen molar-refractivity contribution >= 4 is 23.2 Å². The van der Waals surface area contributed by atoms with Gasteiger partial charge >= 0.3 is 0 Å². The molecule has 2 aromatic carbocycles. The molecule has 35 heavy (non-hydrogen) atoms. The highest BCUT2D eigenvalue weighted by Gasteiger charge is 2.29. The van der Waals surface area contributed by atoms with Gasteiger partial charge in [0.1, 0.15) is 18.0 Å². The summed E-state index contributed by atoms with van der Waals surface area (Å²) in [5.41, 5.74) is 3.18. The van der Waals surface area contributed by atoms with E-state index in [1.54, 1.807) is 0 Å². The van der Waals surface area contributed by atoms with Gasteiger partial charge in [-0.25, -0.2) is 13.5 Å². The number of aromatic nitrogens is 3. The molecule has 2 aliphatic heterocycles. The summed E-state index contributed by atoms with van der Waals surface area (Å²) in [5.74, 6) is -0.704. The Hall–Kier alpha value is -3.53. The summed E-state index contributed by atoms with van der Waals surface area (Å²) >= 11 is 0. The Bertz CT molecular complexity index is 1180. The lowest BCUT2D eigenvalue weighted by Crippen LogP contribution is -2.51. The highest BCUT2D eigenvalue weighted by Crippen LogP contribution is 2.26. The number of nitrogens with one attached hydrogen (secondary N) is 1. The first-order chi connectivity index (χ1) is 16.9. The normalized spacial score (nSPS) is 17.0. The summed E-state index contributed by atoms with van der Waals surface area (Å²) < 4.78 is 33.8. The predicted octanol–water partition coefficient (Wildman–Crippen LogP) is 3.67. The zero-order valence-corrected chi connectivity index (χ0v) is 19.6. The number of nitrogens with zero attached hydrogens (tertiary/aromatic N) is 5. The molecule has 0 saturated carbocycles. The molecule has 0 radical (unpaired) electrons. The van der Waals surface area contributed by atoms with Crippen molar-refractivity contribution in [3.05, 3.63) is 59.9 Å². The first kappa shape index (κ1) is 23.2. The molecule has 3 heterocycles. The third kappa shape index (κ3) is 5.43. The van der Waals surface area contributed by atoms with E-state index in [0.717, 1.165) is 48.9 Å². The van der Waals surface area contributed by atoms with E-state index in [-0.39, 0.29) is 17.5 Å². The van der Waals surface area contributed by atoms with Crippen LogP contribution in [-0.4, -0.2) is 65.0 Å². The Kier molecular flexibility index (Phi) is 6.63. The molecule has 184 valence electrons. The molecule has 1 amide bonds. The van der Waals surface area contributed by atoms with Crippen LogP contribution in [0.4, 0.5) is 26.1 Å². The van der Waals surface area contributed by atoms with Crippen molar-refractivity contribution in [2.75, 3.05) is 49.6 Å². The van der Waals surface area contributed by atoms with Gasteiger partial charge in [-0.05, 0) is 55.7 Å². The second-order valence-corrected chi connectivity index (χ2v) is 9.02. The van der Waals surface area contributed by atoms with E-state index >= 15 is 0 Å². The van der Waals surface area contributed by atoms with Crippen molar-refractivity contribution in [1.29, 1.82) is 0 Å². The zero-order valence-electron chi connectivity index (χ0n) is 19.6. The van der Waals surface area contributed by atoms with Crippen LogP contribution in [0, 0.1) is 24.5 Å². The van der Waals surface area contributed by atoms with Gasteiger partial charge < -0.3 is 19.9 Å². The van der Waals surface area contributed by atoms with Gasteiger partial charge in [0.2, 0.25) is 11.9 Å². The van der Waals surface area contributed by atoms with Crippen LogP contribution in [0.1, 0.15) is 18.4 Å². The van der Waals surface area contributed by atoms with E-state index in [9.17, 15) is 13.6 Å². The molecule has 2 aliphatic rings. The molecular weight excluding hydrogens is 454 g/mol. The molecule has 1 aromatic heterocycles. The molecule has 2 fully saturated rings. The lowest BCUT2D eigenvalue weighted by molar-refractivity contribution is -0.138. The van der Waals surface area contributed by atoms with E-state index in [4.69, 9.17) is 4.74 Å². The molecule has 8 nitrogen and oxygen atoms in total. The number of carbonyl (C=O) groups is 1. The van der Waals surface area contributed by atoms with Crippen LogP contribution in [0.15, 0.2) is 42.7 Å². The van der Waals surface area contributed by atoms with Gasteiger partial charge in [-0.15, -0.1) is 5.10 Å². The van der Waals surface area contributed by atoms with Crippen molar-refractivity contribution in [3.63, 3.8) is 0 Å². The SMILES string of the molecule is Cc1cc(Nc2ncn(-c3cc(F)cc(F)c3)n2)cc(N2CCN(C(=O)C3CCOCC3)CC2)c1. The molecule has 5 rings (SSSR count). The summed E-state index contributed by atoms with van der Waals surface area (Å²) in [4.78, 5) is 21.3. The fraction of sp³-hybridized carbons (Fsp3) is 0.400. The monoisotopic (exact) mass is 482 g/mol. The minimum Gasteiger partial charge on any atom is -0.381 e. The Morgan fingerprint density at radius 2 is 1.69 bits per heavy atom. The fourth-order valence-corrected chi connectivity index (χ4v) is 4.65. The number of hydrogen-bond acceptors (Lipinski definition) is 6. The summed E-state index contributed by atoms with van der Waals surface area (Å²) in [6.07, 6.45) is 3.02. The zero-order chi connectivity index (χ0) is 24.4. The number of carbonyl (C=O) groups excluding carboxylic acids is 1. The van der Waals surface area contributed by atoms with Crippen LogP contribution < -0.4 is 10.2 Å². The van der Waals surface area contributed by atoms with Crippen molar-refractivity contribution in [3.8, 4) is 5.69 Å². The van der Waals surface area contributed by atoms with Crippen molar-refractivity contribution in [2.45, 2.75) is 19.8 Å². The maximum atomic E-state index is 13.5. The number of anilines is 3. The quantitative estimate of drug-likeness (QED) is 0.598. The van der Waals surface area contributed by atoms with E-state index < -0.39 is 11.6 Å². The topological polar surface area (TPSA) is 75.5 Å². The second kappa shape index (κ2) is 9.99. The standard InChI is InChI=1S/C25H28F2N6O2/c1-17-10-21(29-25-28-16-33(30-25)23-13-19(26)12-20(27)14-23)15-22(11-17)31-4-6-32(7-5-31)24(34)18-2-8-35-9-3-18/h10-16,18H,2-9H2,1H3,(H,29,30). The fourth-order valence-electron chi connectivity index (χ4n) is 4.65. The van der Waals surface area contributed by atoms with E-state index in [2.05, 4.69) is 26.4 Å². The van der Waals surface area contributed by atoms with Crippen LogP contribution in [-0.2, 0) is 9.53 Å². The highest BCUT2D eigenvalue weighted by atomic mass is 19.1. The molecular formula is C25H28F2N6O2. The number of benzene rings is 2. The third-order valence-electron chi connectivity index (χ3n) is 6.45. The Balaban J connectivity index is 1.24. The minimum atomic E-state index is -0.678. The molecule has 10 heteroatoms. The lowest BCUT2D eigenvalue weighted by Gasteiger charge is -2.38. The van der Waals surface area contributed by atoms with Gasteiger partial charge in [0, 0.05) is 62.8 Å². The minimum absolute atomic E-state index is 0.0845. The number of hydrogen-bond donors (Lipinski definition) is 1. The van der Waals surface area contributed by atoms with Crippen LogP contribution in [0.25, 0.3) is 5.69 Å². The number of ether oxygens (including phenoxy) is 1.